The van der Waals surface area contributed by atoms with Crippen LogP contribution in [0.15, 0.2) is 23.0 Å². The monoisotopic (exact) mass is 223 g/mol. The van der Waals surface area contributed by atoms with Crippen LogP contribution in [0.4, 0.5) is 0 Å². The van der Waals surface area contributed by atoms with Gasteiger partial charge in [0.2, 0.25) is 0 Å². The molecule has 4 nitrogen and oxygen atoms in total. The third-order valence-electron chi connectivity index (χ3n) is 2.24. The first kappa shape index (κ1) is 10.4. The van der Waals surface area contributed by atoms with Crippen LogP contribution in [0.5, 0.6) is 0 Å². The lowest BCUT2D eigenvalue weighted by atomic mass is 10.1. The second kappa shape index (κ2) is 4.14. The number of thiazole rings is 1. The van der Waals surface area contributed by atoms with Crippen LogP contribution in [0.25, 0.3) is 0 Å². The number of hydrazine groups is 1. The Morgan fingerprint density at radius 3 is 2.80 bits per heavy atom. The van der Waals surface area contributed by atoms with Gasteiger partial charge < -0.3 is 4.42 Å². The van der Waals surface area contributed by atoms with Crippen molar-refractivity contribution in [1.29, 1.82) is 0 Å². The second-order valence-corrected chi connectivity index (χ2v) is 4.57. The van der Waals surface area contributed by atoms with E-state index in [-0.39, 0.29) is 6.04 Å². The molecule has 2 aromatic heterocycles. The predicted octanol–water partition coefficient (Wildman–Crippen LogP) is 1.91. The van der Waals surface area contributed by atoms with Crippen LogP contribution < -0.4 is 11.3 Å². The van der Waals surface area contributed by atoms with Crippen LogP contribution in [0.1, 0.15) is 27.2 Å². The maximum Gasteiger partial charge on any atom is 0.0954 e. The maximum atomic E-state index is 5.56. The van der Waals surface area contributed by atoms with Crippen LogP contribution in [0.3, 0.4) is 0 Å². The van der Waals surface area contributed by atoms with Crippen LogP contribution in [-0.2, 0) is 0 Å². The van der Waals surface area contributed by atoms with E-state index < -0.39 is 0 Å². The summed E-state index contributed by atoms with van der Waals surface area (Å²) in [5, 5.41) is 1.05. The summed E-state index contributed by atoms with van der Waals surface area (Å²) < 4.78 is 5.05. The summed E-state index contributed by atoms with van der Waals surface area (Å²) in [6.45, 7) is 3.98. The summed E-state index contributed by atoms with van der Waals surface area (Å²) in [6, 6.07) is 1.87. The Bertz CT molecular complexity index is 435. The van der Waals surface area contributed by atoms with Gasteiger partial charge >= 0.3 is 0 Å². The molecule has 0 spiro atoms. The fourth-order valence-corrected chi connectivity index (χ4v) is 2.59. The zero-order valence-electron chi connectivity index (χ0n) is 8.65. The highest BCUT2D eigenvalue weighted by atomic mass is 32.1. The molecule has 2 heterocycles. The van der Waals surface area contributed by atoms with Crippen LogP contribution in [0, 0.1) is 13.8 Å². The number of hydrogen-bond acceptors (Lipinski definition) is 5. The molecule has 0 saturated heterocycles. The van der Waals surface area contributed by atoms with Gasteiger partial charge in [-0.15, -0.1) is 11.3 Å². The Morgan fingerprint density at radius 2 is 2.33 bits per heavy atom. The van der Waals surface area contributed by atoms with Crippen molar-refractivity contribution in [2.75, 3.05) is 0 Å². The molecule has 5 heteroatoms. The summed E-state index contributed by atoms with van der Waals surface area (Å²) in [5.41, 5.74) is 4.82. The van der Waals surface area contributed by atoms with Gasteiger partial charge in [0.15, 0.2) is 0 Å². The highest BCUT2D eigenvalue weighted by Gasteiger charge is 2.18. The Morgan fingerprint density at radius 1 is 1.53 bits per heavy atom. The lowest BCUT2D eigenvalue weighted by molar-refractivity contribution is 0.554. The van der Waals surface area contributed by atoms with Crippen LogP contribution >= 0.6 is 11.3 Å². The molecule has 0 bridgehead atoms. The Balaban J connectivity index is 2.39. The zero-order valence-corrected chi connectivity index (χ0v) is 9.47. The van der Waals surface area contributed by atoms with Crippen molar-refractivity contribution in [2.24, 2.45) is 5.84 Å². The number of nitrogens with zero attached hydrogens (tertiary/aromatic N) is 1. The topological polar surface area (TPSA) is 64.1 Å². The number of nitrogens with one attached hydrogen (secondary N) is 1. The fourth-order valence-electron chi connectivity index (χ4n) is 1.58. The number of nitrogens with two attached hydrogens (primary N) is 1. The SMILES string of the molecule is Cc1nc(C)c(C(NN)c2ccoc2)s1. The van der Waals surface area contributed by atoms with Gasteiger partial charge in [0, 0.05) is 5.56 Å². The van der Waals surface area contributed by atoms with Crippen LogP contribution in [0.2, 0.25) is 0 Å². The smallest absolute Gasteiger partial charge is 0.0954 e. The van der Waals surface area contributed by atoms with E-state index in [1.807, 2.05) is 19.9 Å². The van der Waals surface area contributed by atoms with E-state index in [2.05, 4.69) is 10.4 Å². The van der Waals surface area contributed by atoms with Gasteiger partial charge in [-0.05, 0) is 19.9 Å². The molecule has 0 saturated carbocycles. The fraction of sp³-hybridized carbons (Fsp3) is 0.300. The first-order chi connectivity index (χ1) is 7.22. The molecule has 15 heavy (non-hydrogen) atoms. The largest absolute Gasteiger partial charge is 0.472 e. The minimum atomic E-state index is -0.0325. The number of aryl methyl sites for hydroxylation is 2. The molecular formula is C10H13N3OS. The van der Waals surface area contributed by atoms with Crippen molar-refractivity contribution >= 4 is 11.3 Å². The van der Waals surface area contributed by atoms with Gasteiger partial charge in [-0.2, -0.15) is 0 Å². The third kappa shape index (κ3) is 1.94. The molecule has 3 N–H and O–H groups in total. The van der Waals surface area contributed by atoms with Gasteiger partial charge in [-0.3, -0.25) is 5.84 Å². The molecule has 0 aliphatic carbocycles. The molecule has 0 radical (unpaired) electrons. The number of rotatable bonds is 3. The number of furan rings is 1. The normalized spacial score (nSPS) is 13.0. The average Bonchev–Trinajstić information content (AvgIpc) is 2.79. The van der Waals surface area contributed by atoms with E-state index in [0.717, 1.165) is 21.1 Å². The highest BCUT2D eigenvalue weighted by molar-refractivity contribution is 7.11. The van der Waals surface area contributed by atoms with Crippen molar-refractivity contribution in [3.8, 4) is 0 Å². The van der Waals surface area contributed by atoms with Crippen molar-refractivity contribution in [3.05, 3.63) is 39.7 Å². The lowest BCUT2D eigenvalue weighted by Gasteiger charge is -2.12. The van der Waals surface area contributed by atoms with Gasteiger partial charge in [-0.25, -0.2) is 10.4 Å². The Kier molecular flexibility index (Phi) is 2.86. The summed E-state index contributed by atoms with van der Waals surface area (Å²) in [6.07, 6.45) is 3.34. The average molecular weight is 223 g/mol. The van der Waals surface area contributed by atoms with Gasteiger partial charge in [-0.1, -0.05) is 0 Å². The van der Waals surface area contributed by atoms with E-state index in [9.17, 15) is 0 Å². The van der Waals surface area contributed by atoms with E-state index in [0.29, 0.717) is 0 Å². The van der Waals surface area contributed by atoms with Crippen molar-refractivity contribution < 1.29 is 4.42 Å². The molecule has 0 amide bonds. The Labute approximate surface area is 92.1 Å². The summed E-state index contributed by atoms with van der Waals surface area (Å²) in [5.74, 6) is 5.56. The van der Waals surface area contributed by atoms with Gasteiger partial charge in [0.05, 0.1) is 34.1 Å². The molecule has 80 valence electrons. The third-order valence-corrected chi connectivity index (χ3v) is 3.38. The molecule has 0 aliphatic rings. The second-order valence-electron chi connectivity index (χ2n) is 3.34. The summed E-state index contributed by atoms with van der Waals surface area (Å²) in [4.78, 5) is 5.52. The molecule has 2 rings (SSSR count). The molecule has 0 fully saturated rings. The van der Waals surface area contributed by atoms with E-state index in [1.165, 1.54) is 0 Å². The summed E-state index contributed by atoms with van der Waals surface area (Å²) in [7, 11) is 0. The van der Waals surface area contributed by atoms with E-state index >= 15 is 0 Å². The van der Waals surface area contributed by atoms with Crippen molar-refractivity contribution in [2.45, 2.75) is 19.9 Å². The molecular weight excluding hydrogens is 210 g/mol. The summed E-state index contributed by atoms with van der Waals surface area (Å²) >= 11 is 1.65. The lowest BCUT2D eigenvalue weighted by Crippen LogP contribution is -2.28. The molecule has 1 atom stereocenters. The maximum absolute atomic E-state index is 5.56. The Hall–Kier alpha value is -1.17. The number of hydrogen-bond donors (Lipinski definition) is 2. The first-order valence-electron chi connectivity index (χ1n) is 4.64. The van der Waals surface area contributed by atoms with Gasteiger partial charge in [0.25, 0.3) is 0 Å². The minimum Gasteiger partial charge on any atom is -0.472 e. The first-order valence-corrected chi connectivity index (χ1v) is 5.46. The molecule has 0 aliphatic heterocycles. The van der Waals surface area contributed by atoms with E-state index in [4.69, 9.17) is 10.3 Å². The van der Waals surface area contributed by atoms with Crippen molar-refractivity contribution in [1.82, 2.24) is 10.4 Å². The molecule has 0 aromatic carbocycles. The molecule has 2 aromatic rings. The molecule has 1 unspecified atom stereocenters. The zero-order chi connectivity index (χ0) is 10.8. The van der Waals surface area contributed by atoms with E-state index in [1.54, 1.807) is 23.9 Å². The van der Waals surface area contributed by atoms with Crippen LogP contribution in [-0.4, -0.2) is 4.98 Å². The minimum absolute atomic E-state index is 0.0325. The highest BCUT2D eigenvalue weighted by Crippen LogP contribution is 2.29. The predicted molar refractivity (Wildman–Crippen MR) is 59.5 cm³/mol. The standard InChI is InChI=1S/C10H13N3OS/c1-6-10(15-7(2)12-6)9(13-11)8-3-4-14-5-8/h3-5,9,13H,11H2,1-2H3. The van der Waals surface area contributed by atoms with Gasteiger partial charge in [0.1, 0.15) is 0 Å². The quantitative estimate of drug-likeness (QED) is 0.616. The number of aromatic nitrogens is 1. The van der Waals surface area contributed by atoms with Crippen molar-refractivity contribution in [3.63, 3.8) is 0 Å².